The summed E-state index contributed by atoms with van der Waals surface area (Å²) in [4.78, 5) is 12.6. The number of halogens is 3. The van der Waals surface area contributed by atoms with Crippen molar-refractivity contribution in [3.63, 3.8) is 0 Å². The molecule has 0 saturated carbocycles. The number of rotatable bonds is 8. The van der Waals surface area contributed by atoms with Crippen LogP contribution in [0.1, 0.15) is 42.7 Å². The molecule has 0 fully saturated rings. The normalized spacial score (nSPS) is 12.3. The molecule has 6 nitrogen and oxygen atoms in total. The van der Waals surface area contributed by atoms with Gasteiger partial charge >= 0.3 is 0 Å². The van der Waals surface area contributed by atoms with Crippen LogP contribution in [0.4, 0.5) is 5.69 Å². The minimum absolute atomic E-state index is 0.00797. The number of anilines is 1. The van der Waals surface area contributed by atoms with Crippen LogP contribution in [0.3, 0.4) is 0 Å². The van der Waals surface area contributed by atoms with Crippen molar-refractivity contribution in [2.75, 3.05) is 4.72 Å². The molecule has 1 amide bonds. The average Bonchev–Trinajstić information content (AvgIpc) is 2.73. The van der Waals surface area contributed by atoms with E-state index in [4.69, 9.17) is 39.5 Å². The Kier molecular flexibility index (Phi) is 8.36. The van der Waals surface area contributed by atoms with E-state index in [0.29, 0.717) is 22.0 Å². The molecule has 180 valence electrons. The van der Waals surface area contributed by atoms with Crippen LogP contribution in [0.2, 0.25) is 15.1 Å². The third-order valence-electron chi connectivity index (χ3n) is 4.75. The minimum Gasteiger partial charge on any atom is -0.491 e. The van der Waals surface area contributed by atoms with Crippen LogP contribution in [0.15, 0.2) is 65.6 Å². The molecule has 10 heteroatoms. The Morgan fingerprint density at radius 2 is 1.56 bits per heavy atom. The van der Waals surface area contributed by atoms with Crippen LogP contribution < -0.4 is 14.8 Å². The lowest BCUT2D eigenvalue weighted by atomic mass is 10.1. The fraction of sp³-hybridized carbons (Fsp3) is 0.208. The summed E-state index contributed by atoms with van der Waals surface area (Å²) in [5.41, 5.74) is 1.45. The van der Waals surface area contributed by atoms with Crippen LogP contribution in [-0.2, 0) is 10.0 Å². The summed E-state index contributed by atoms with van der Waals surface area (Å²) in [5.74, 6) is 0.248. The molecule has 0 aliphatic carbocycles. The van der Waals surface area contributed by atoms with Crippen LogP contribution in [0.25, 0.3) is 0 Å². The summed E-state index contributed by atoms with van der Waals surface area (Å²) in [7, 11) is -3.90. The topological polar surface area (TPSA) is 84.5 Å². The van der Waals surface area contributed by atoms with E-state index in [2.05, 4.69) is 10.0 Å². The highest BCUT2D eigenvalue weighted by Gasteiger charge is 2.19. The molecule has 3 rings (SSSR count). The third-order valence-corrected chi connectivity index (χ3v) is 7.16. The molecule has 0 unspecified atom stereocenters. The molecule has 2 N–H and O–H groups in total. The van der Waals surface area contributed by atoms with Crippen molar-refractivity contribution in [2.24, 2.45) is 0 Å². The monoisotopic (exact) mass is 540 g/mol. The summed E-state index contributed by atoms with van der Waals surface area (Å²) in [6, 6.07) is 15.3. The Bertz CT molecular complexity index is 1300. The quantitative estimate of drug-likeness (QED) is 0.331. The molecule has 0 radical (unpaired) electrons. The lowest BCUT2D eigenvalue weighted by Gasteiger charge is -2.17. The van der Waals surface area contributed by atoms with Gasteiger partial charge in [-0.05, 0) is 74.9 Å². The molecule has 3 aromatic rings. The van der Waals surface area contributed by atoms with E-state index < -0.39 is 10.0 Å². The largest absolute Gasteiger partial charge is 0.491 e. The first-order chi connectivity index (χ1) is 16.0. The van der Waals surface area contributed by atoms with Gasteiger partial charge in [0.05, 0.1) is 27.8 Å². The van der Waals surface area contributed by atoms with Crippen LogP contribution >= 0.6 is 34.8 Å². The third kappa shape index (κ3) is 6.57. The van der Waals surface area contributed by atoms with Gasteiger partial charge in [-0.2, -0.15) is 0 Å². The van der Waals surface area contributed by atoms with Gasteiger partial charge in [0.15, 0.2) is 0 Å². The van der Waals surface area contributed by atoms with Gasteiger partial charge in [0.1, 0.15) is 10.6 Å². The van der Waals surface area contributed by atoms with Gasteiger partial charge in [-0.1, -0.05) is 46.9 Å². The van der Waals surface area contributed by atoms with E-state index >= 15 is 0 Å². The van der Waals surface area contributed by atoms with Crippen LogP contribution in [0.5, 0.6) is 5.75 Å². The number of carbonyl (C=O) groups excluding carboxylic acids is 1. The molecule has 0 aromatic heterocycles. The second-order valence-electron chi connectivity index (χ2n) is 7.81. The lowest BCUT2D eigenvalue weighted by molar-refractivity contribution is 0.0940. The second-order valence-corrected chi connectivity index (χ2v) is 10.7. The maximum atomic E-state index is 12.7. The van der Waals surface area contributed by atoms with Crippen molar-refractivity contribution in [3.05, 3.63) is 86.9 Å². The first-order valence-electron chi connectivity index (χ1n) is 10.3. The van der Waals surface area contributed by atoms with Crippen LogP contribution in [0, 0.1) is 0 Å². The van der Waals surface area contributed by atoms with E-state index in [1.807, 2.05) is 20.8 Å². The van der Waals surface area contributed by atoms with E-state index in [-0.39, 0.29) is 33.0 Å². The summed E-state index contributed by atoms with van der Waals surface area (Å²) in [5, 5.41) is 3.53. The fourth-order valence-electron chi connectivity index (χ4n) is 3.13. The Morgan fingerprint density at radius 3 is 2.15 bits per heavy atom. The number of nitrogens with one attached hydrogen (secondary N) is 2. The van der Waals surface area contributed by atoms with E-state index in [1.165, 1.54) is 18.2 Å². The average molecular weight is 542 g/mol. The summed E-state index contributed by atoms with van der Waals surface area (Å²) in [6.45, 7) is 5.62. The number of ether oxygens (including phenoxy) is 1. The molecule has 0 heterocycles. The molecule has 0 aliphatic rings. The molecule has 34 heavy (non-hydrogen) atoms. The molecular formula is C24H23Cl3N2O4S. The molecular weight excluding hydrogens is 519 g/mol. The first-order valence-corrected chi connectivity index (χ1v) is 12.9. The summed E-state index contributed by atoms with van der Waals surface area (Å²) in [6.07, 6.45) is -0.00797. The molecule has 0 saturated heterocycles. The molecule has 0 aliphatic heterocycles. The van der Waals surface area contributed by atoms with Gasteiger partial charge in [-0.15, -0.1) is 0 Å². The highest BCUT2D eigenvalue weighted by Crippen LogP contribution is 2.28. The van der Waals surface area contributed by atoms with Gasteiger partial charge in [0.25, 0.3) is 15.9 Å². The molecule has 0 spiro atoms. The van der Waals surface area contributed by atoms with Crippen molar-refractivity contribution < 1.29 is 17.9 Å². The first kappa shape index (κ1) is 26.2. The molecule has 0 bridgehead atoms. The van der Waals surface area contributed by atoms with E-state index in [1.54, 1.807) is 42.5 Å². The van der Waals surface area contributed by atoms with Gasteiger partial charge in [0, 0.05) is 10.7 Å². The van der Waals surface area contributed by atoms with Gasteiger partial charge in [-0.3, -0.25) is 9.52 Å². The lowest BCUT2D eigenvalue weighted by Crippen LogP contribution is -2.27. The van der Waals surface area contributed by atoms with Gasteiger partial charge in [0.2, 0.25) is 0 Å². The predicted octanol–water partition coefficient (Wildman–Crippen LogP) is 6.73. The predicted molar refractivity (Wildman–Crippen MR) is 137 cm³/mol. The van der Waals surface area contributed by atoms with Crippen molar-refractivity contribution in [1.82, 2.24) is 5.32 Å². The number of carbonyl (C=O) groups is 1. The number of amides is 1. The number of hydrogen-bond acceptors (Lipinski definition) is 4. The maximum absolute atomic E-state index is 12.7. The van der Waals surface area contributed by atoms with Crippen molar-refractivity contribution in [3.8, 4) is 5.75 Å². The van der Waals surface area contributed by atoms with Crippen molar-refractivity contribution >= 4 is 56.4 Å². The van der Waals surface area contributed by atoms with Crippen molar-refractivity contribution in [2.45, 2.75) is 37.8 Å². The Balaban J connectivity index is 1.68. The molecule has 1 atom stereocenters. The standard InChI is InChI=1S/C24H23Cl3N2O4S/c1-14(2)33-19-9-10-20(21(26)13-19)24(30)28-15(3)16-4-7-18(8-5-16)29-34(31,32)23-11-6-17(25)12-22(23)27/h4-15,29H,1-3H3,(H,28,30)/t15-/m1/s1. The van der Waals surface area contributed by atoms with Gasteiger partial charge < -0.3 is 10.1 Å². The zero-order valence-electron chi connectivity index (χ0n) is 18.6. The Labute approximate surface area is 214 Å². The minimum atomic E-state index is -3.90. The van der Waals surface area contributed by atoms with Crippen molar-refractivity contribution in [1.29, 1.82) is 0 Å². The highest BCUT2D eigenvalue weighted by atomic mass is 35.5. The number of sulfonamides is 1. The Hall–Kier alpha value is -2.45. The Morgan fingerprint density at radius 1 is 0.882 bits per heavy atom. The maximum Gasteiger partial charge on any atom is 0.263 e. The fourth-order valence-corrected chi connectivity index (χ4v) is 5.22. The van der Waals surface area contributed by atoms with E-state index in [9.17, 15) is 13.2 Å². The van der Waals surface area contributed by atoms with E-state index in [0.717, 1.165) is 5.56 Å². The SMILES string of the molecule is CC(C)Oc1ccc(C(=O)N[C@H](C)c2ccc(NS(=O)(=O)c3ccc(Cl)cc3Cl)cc2)c(Cl)c1. The zero-order valence-corrected chi connectivity index (χ0v) is 21.7. The summed E-state index contributed by atoms with van der Waals surface area (Å²) >= 11 is 18.1. The van der Waals surface area contributed by atoms with Crippen LogP contribution in [-0.4, -0.2) is 20.4 Å². The highest BCUT2D eigenvalue weighted by molar-refractivity contribution is 7.92. The summed E-state index contributed by atoms with van der Waals surface area (Å²) < 4.78 is 33.4. The molecule has 3 aromatic carbocycles. The number of hydrogen-bond donors (Lipinski definition) is 2. The zero-order chi connectivity index (χ0) is 25.0. The smallest absolute Gasteiger partial charge is 0.263 e. The number of benzene rings is 3. The second kappa shape index (κ2) is 10.9. The van der Waals surface area contributed by atoms with Gasteiger partial charge in [-0.25, -0.2) is 8.42 Å².